The van der Waals surface area contributed by atoms with Crippen molar-refractivity contribution in [1.82, 2.24) is 30.0 Å². The van der Waals surface area contributed by atoms with Gasteiger partial charge in [0.25, 0.3) is 11.4 Å². The summed E-state index contributed by atoms with van der Waals surface area (Å²) in [6.07, 6.45) is 0. The summed E-state index contributed by atoms with van der Waals surface area (Å²) in [5.74, 6) is 1.87. The first-order valence-corrected chi connectivity index (χ1v) is 17.1. The molecule has 0 radical (unpaired) electrons. The molecule has 2 heterocycles. The van der Waals surface area contributed by atoms with Crippen molar-refractivity contribution in [2.75, 3.05) is 14.2 Å². The molecule has 2 aromatic heterocycles. The number of aromatic nitrogens is 8. The zero-order valence-electron chi connectivity index (χ0n) is 29.8. The highest BCUT2D eigenvalue weighted by atomic mass is 16.6. The van der Waals surface area contributed by atoms with Crippen LogP contribution in [0.25, 0.3) is 56.7 Å². The van der Waals surface area contributed by atoms with Crippen LogP contribution in [0, 0.1) is 20.2 Å². The molecule has 0 N–H and O–H groups in total. The molecule has 0 saturated heterocycles. The SMILES string of the molecule is COc1cc(-[n+]2nc(-c3ccccc3)nn2-c2ccc([N+](=O)[O-])cc2)ccc1-c1ccc(-[n+]2nc(-c3ccccc3)nn2-c2ccc([N+](=O)[O-])cc2)c(OC)c1. The van der Waals surface area contributed by atoms with Crippen LogP contribution in [0.5, 0.6) is 11.5 Å². The highest BCUT2D eigenvalue weighted by Crippen LogP contribution is 2.35. The number of tetrazole rings is 2. The maximum absolute atomic E-state index is 11.4. The van der Waals surface area contributed by atoms with Crippen LogP contribution in [-0.2, 0) is 0 Å². The molecule has 0 amide bonds. The fourth-order valence-corrected chi connectivity index (χ4v) is 6.10. The summed E-state index contributed by atoms with van der Waals surface area (Å²) in [6.45, 7) is 0. The summed E-state index contributed by atoms with van der Waals surface area (Å²) in [5, 5.41) is 41.9. The Morgan fingerprint density at radius 2 is 1.04 bits per heavy atom. The summed E-state index contributed by atoms with van der Waals surface area (Å²) in [4.78, 5) is 28.1. The van der Waals surface area contributed by atoms with E-state index in [0.29, 0.717) is 45.9 Å². The van der Waals surface area contributed by atoms with Crippen molar-refractivity contribution in [3.05, 3.63) is 166 Å². The van der Waals surface area contributed by atoms with Crippen LogP contribution in [0.1, 0.15) is 0 Å². The Labute approximate surface area is 317 Å². The van der Waals surface area contributed by atoms with Gasteiger partial charge >= 0.3 is 11.6 Å². The smallest absolute Gasteiger partial charge is 0.340 e. The summed E-state index contributed by atoms with van der Waals surface area (Å²) in [6, 6.07) is 42.2. The van der Waals surface area contributed by atoms with Gasteiger partial charge in [0.2, 0.25) is 5.69 Å². The molecule has 0 spiro atoms. The molecule has 16 heteroatoms. The summed E-state index contributed by atoms with van der Waals surface area (Å²) in [7, 11) is 3.13. The predicted molar refractivity (Wildman–Crippen MR) is 202 cm³/mol. The van der Waals surface area contributed by atoms with Crippen LogP contribution in [0.2, 0.25) is 0 Å². The minimum absolute atomic E-state index is 0.0437. The first-order valence-electron chi connectivity index (χ1n) is 17.1. The molecule has 0 aliphatic rings. The van der Waals surface area contributed by atoms with Crippen molar-refractivity contribution in [2.24, 2.45) is 0 Å². The number of hydrogen-bond acceptors (Lipinski definition) is 10. The Kier molecular flexibility index (Phi) is 9.17. The summed E-state index contributed by atoms with van der Waals surface area (Å²) >= 11 is 0. The lowest BCUT2D eigenvalue weighted by Crippen LogP contribution is -2.43. The number of hydrogen-bond donors (Lipinski definition) is 0. The molecule has 6 aromatic carbocycles. The van der Waals surface area contributed by atoms with Gasteiger partial charge in [-0.25, -0.2) is 0 Å². The summed E-state index contributed by atoms with van der Waals surface area (Å²) in [5.41, 5.74) is 5.26. The summed E-state index contributed by atoms with van der Waals surface area (Å²) < 4.78 is 11.8. The van der Waals surface area contributed by atoms with Gasteiger partial charge in [-0.1, -0.05) is 36.4 Å². The molecule has 0 atom stereocenters. The van der Waals surface area contributed by atoms with E-state index >= 15 is 0 Å². The number of nitro benzene ring substituents is 2. The van der Waals surface area contributed by atoms with Gasteiger partial charge in [0.1, 0.15) is 17.1 Å². The van der Waals surface area contributed by atoms with Crippen molar-refractivity contribution in [2.45, 2.75) is 0 Å². The van der Waals surface area contributed by atoms with Crippen LogP contribution >= 0.6 is 0 Å². The number of benzene rings is 6. The molecule has 0 bridgehead atoms. The molecule has 0 saturated carbocycles. The van der Waals surface area contributed by atoms with E-state index in [1.54, 1.807) is 57.7 Å². The Morgan fingerprint density at radius 1 is 0.536 bits per heavy atom. The Hall–Kier alpha value is -8.14. The number of rotatable bonds is 11. The molecule has 0 fully saturated rings. The van der Waals surface area contributed by atoms with E-state index in [1.807, 2.05) is 97.1 Å². The lowest BCUT2D eigenvalue weighted by atomic mass is 10.0. The molecule has 16 nitrogen and oxygen atoms in total. The Balaban J connectivity index is 1.20. The van der Waals surface area contributed by atoms with Crippen molar-refractivity contribution >= 4 is 11.4 Å². The van der Waals surface area contributed by atoms with Gasteiger partial charge in [0, 0.05) is 45.5 Å². The molecule has 274 valence electrons. The maximum atomic E-state index is 11.4. The van der Waals surface area contributed by atoms with E-state index in [-0.39, 0.29) is 11.4 Å². The Bertz CT molecular complexity index is 2720. The zero-order valence-corrected chi connectivity index (χ0v) is 29.8. The fourth-order valence-electron chi connectivity index (χ4n) is 6.10. The minimum Gasteiger partial charge on any atom is -0.496 e. The third-order valence-corrected chi connectivity index (χ3v) is 8.89. The van der Waals surface area contributed by atoms with Gasteiger partial charge in [-0.3, -0.25) is 20.2 Å². The molecule has 0 aliphatic heterocycles. The second-order valence-electron chi connectivity index (χ2n) is 12.3. The van der Waals surface area contributed by atoms with Crippen molar-refractivity contribution < 1.29 is 28.9 Å². The molecule has 8 aromatic rings. The number of non-ortho nitro benzene ring substituents is 2. The fraction of sp³-hybridized carbons (Fsp3) is 0.0500. The zero-order chi connectivity index (χ0) is 38.8. The normalized spacial score (nSPS) is 11.0. The second kappa shape index (κ2) is 14.7. The van der Waals surface area contributed by atoms with E-state index in [1.165, 1.54) is 24.3 Å². The number of methoxy groups -OCH3 is 2. The third-order valence-electron chi connectivity index (χ3n) is 8.89. The van der Waals surface area contributed by atoms with Crippen LogP contribution in [-0.4, -0.2) is 54.1 Å². The van der Waals surface area contributed by atoms with E-state index in [9.17, 15) is 20.2 Å². The highest BCUT2D eigenvalue weighted by Gasteiger charge is 2.28. The van der Waals surface area contributed by atoms with Gasteiger partial charge in [-0.15, -0.1) is 0 Å². The van der Waals surface area contributed by atoms with Crippen molar-refractivity contribution in [3.63, 3.8) is 0 Å². The van der Waals surface area contributed by atoms with Gasteiger partial charge in [-0.2, -0.15) is 0 Å². The van der Waals surface area contributed by atoms with Gasteiger partial charge in [0.15, 0.2) is 11.4 Å². The molecular weight excluding hydrogens is 717 g/mol. The lowest BCUT2D eigenvalue weighted by molar-refractivity contribution is -0.734. The van der Waals surface area contributed by atoms with Gasteiger partial charge < -0.3 is 9.47 Å². The second-order valence-corrected chi connectivity index (χ2v) is 12.3. The third kappa shape index (κ3) is 6.64. The van der Waals surface area contributed by atoms with Crippen LogP contribution < -0.4 is 19.1 Å². The van der Waals surface area contributed by atoms with E-state index < -0.39 is 9.85 Å². The minimum atomic E-state index is -0.457. The largest absolute Gasteiger partial charge is 0.496 e. The van der Waals surface area contributed by atoms with E-state index in [2.05, 4.69) is 0 Å². The molecule has 0 unspecified atom stereocenters. The monoisotopic (exact) mass is 746 g/mol. The first-order chi connectivity index (χ1) is 27.3. The highest BCUT2D eigenvalue weighted by molar-refractivity contribution is 5.74. The standard InChI is InChI=1S/C40H30N10O6/c1-55-37-26-34(47-43-39(27-9-5-3-6-10-27)41-45(47)30-14-18-32(19-15-30)49(51)52)22-23-35(37)29-13-24-36(38(25-29)56-2)48-44-40(28-11-7-4-8-12-28)42-46(48)31-16-20-33(21-17-31)50(53)54/h3-26H,1-2H3/q+2. The van der Waals surface area contributed by atoms with Gasteiger partial charge in [-0.05, 0) is 104 Å². The first kappa shape index (κ1) is 34.9. The molecule has 8 rings (SSSR count). The van der Waals surface area contributed by atoms with Crippen LogP contribution in [0.15, 0.2) is 146 Å². The maximum Gasteiger partial charge on any atom is 0.340 e. The quantitative estimate of drug-likeness (QED) is 0.0838. The van der Waals surface area contributed by atoms with Crippen LogP contribution in [0.3, 0.4) is 0 Å². The number of nitrogens with zero attached hydrogens (tertiary/aromatic N) is 10. The average Bonchev–Trinajstić information content (AvgIpc) is 3.90. The topological polar surface area (TPSA) is 174 Å². The van der Waals surface area contributed by atoms with E-state index in [4.69, 9.17) is 29.9 Å². The van der Waals surface area contributed by atoms with Crippen molar-refractivity contribution in [3.8, 4) is 68.2 Å². The van der Waals surface area contributed by atoms with Gasteiger partial charge in [0.05, 0.1) is 45.4 Å². The number of nitro groups is 2. The van der Waals surface area contributed by atoms with Crippen LogP contribution in [0.4, 0.5) is 11.4 Å². The molecule has 0 aliphatic carbocycles. The predicted octanol–water partition coefficient (Wildman–Crippen LogP) is 6.24. The lowest BCUT2D eigenvalue weighted by Gasteiger charge is -2.12. The molecular formula is C40H30N10O6+2. The molecule has 56 heavy (non-hydrogen) atoms. The number of ether oxygens (including phenoxy) is 2. The van der Waals surface area contributed by atoms with Crippen molar-refractivity contribution in [1.29, 1.82) is 0 Å². The Morgan fingerprint density at radius 3 is 1.54 bits per heavy atom. The average molecular weight is 747 g/mol. The van der Waals surface area contributed by atoms with E-state index in [0.717, 1.165) is 22.3 Å².